The summed E-state index contributed by atoms with van der Waals surface area (Å²) in [6.45, 7) is 2.83. The number of hydrogen-bond acceptors (Lipinski definition) is 1. The summed E-state index contributed by atoms with van der Waals surface area (Å²) in [6.07, 6.45) is 2.74. The molecule has 1 aliphatic heterocycles. The average molecular weight is 187 g/mol. The van der Waals surface area contributed by atoms with Crippen molar-refractivity contribution >= 4 is 11.0 Å². The standard InChI is InChI=1S/C12H11O2/c1-8-2-3-10-11-9(4-6-13-10)5-7-14-12(8)11/h2-3,5,7H,4,6H2,1H3/q+1. The molecule has 0 amide bonds. The topological polar surface area (TPSA) is 20.5 Å². The largest absolute Gasteiger partial charge is 0.492 e. The maximum absolute atomic E-state index is 5.59. The Morgan fingerprint density at radius 2 is 2.21 bits per heavy atom. The Morgan fingerprint density at radius 1 is 1.29 bits per heavy atom. The molecule has 2 heterocycles. The van der Waals surface area contributed by atoms with E-state index in [1.807, 2.05) is 18.2 Å². The average Bonchev–Trinajstić information content (AvgIpc) is 2.24. The molecule has 1 aromatic heterocycles. The Labute approximate surface area is 82.1 Å². The first kappa shape index (κ1) is 7.80. The first-order valence-corrected chi connectivity index (χ1v) is 4.82. The minimum Gasteiger partial charge on any atom is -0.492 e. The first-order valence-electron chi connectivity index (χ1n) is 4.82. The van der Waals surface area contributed by atoms with Gasteiger partial charge in [0.2, 0.25) is 0 Å². The van der Waals surface area contributed by atoms with Crippen LogP contribution in [0.25, 0.3) is 11.0 Å². The van der Waals surface area contributed by atoms with Crippen molar-refractivity contribution in [3.63, 3.8) is 0 Å². The van der Waals surface area contributed by atoms with Crippen LogP contribution in [0.3, 0.4) is 0 Å². The van der Waals surface area contributed by atoms with Crippen molar-refractivity contribution in [2.75, 3.05) is 6.61 Å². The van der Waals surface area contributed by atoms with Crippen LogP contribution in [-0.2, 0) is 6.42 Å². The van der Waals surface area contributed by atoms with Crippen molar-refractivity contribution in [3.05, 3.63) is 35.6 Å². The van der Waals surface area contributed by atoms with E-state index in [1.54, 1.807) is 6.26 Å². The zero-order valence-corrected chi connectivity index (χ0v) is 8.04. The van der Waals surface area contributed by atoms with Crippen LogP contribution >= 0.6 is 0 Å². The fourth-order valence-corrected chi connectivity index (χ4v) is 1.99. The zero-order chi connectivity index (χ0) is 9.54. The number of rotatable bonds is 0. The molecule has 3 rings (SSSR count). The highest BCUT2D eigenvalue weighted by molar-refractivity contribution is 5.89. The molecular weight excluding hydrogens is 176 g/mol. The highest BCUT2D eigenvalue weighted by atomic mass is 16.5. The van der Waals surface area contributed by atoms with E-state index < -0.39 is 0 Å². The highest BCUT2D eigenvalue weighted by Crippen LogP contribution is 2.34. The zero-order valence-electron chi connectivity index (χ0n) is 8.04. The maximum Gasteiger partial charge on any atom is 0.366 e. The molecule has 0 spiro atoms. The smallest absolute Gasteiger partial charge is 0.366 e. The number of benzene rings is 1. The second kappa shape index (κ2) is 2.71. The predicted octanol–water partition coefficient (Wildman–Crippen LogP) is 2.96. The van der Waals surface area contributed by atoms with Gasteiger partial charge in [-0.1, -0.05) is 0 Å². The fraction of sp³-hybridized carbons (Fsp3) is 0.250. The Kier molecular flexibility index (Phi) is 1.51. The second-order valence-electron chi connectivity index (χ2n) is 3.63. The predicted molar refractivity (Wildman–Crippen MR) is 54.6 cm³/mol. The summed E-state index contributed by atoms with van der Waals surface area (Å²) in [4.78, 5) is 0. The van der Waals surface area contributed by atoms with Gasteiger partial charge in [-0.15, -0.1) is 0 Å². The summed E-state index contributed by atoms with van der Waals surface area (Å²) in [5.41, 5.74) is 3.45. The third-order valence-corrected chi connectivity index (χ3v) is 2.72. The summed E-state index contributed by atoms with van der Waals surface area (Å²) >= 11 is 0. The molecule has 0 N–H and O–H groups in total. The SMILES string of the molecule is Cc1ccc2c3c(cc[o+]c13)CCO2. The summed E-state index contributed by atoms with van der Waals surface area (Å²) in [7, 11) is 0. The van der Waals surface area contributed by atoms with Gasteiger partial charge in [-0.2, -0.15) is 0 Å². The highest BCUT2D eigenvalue weighted by Gasteiger charge is 2.21. The van der Waals surface area contributed by atoms with E-state index in [0.717, 1.165) is 35.3 Å². The van der Waals surface area contributed by atoms with Gasteiger partial charge in [-0.05, 0) is 24.6 Å². The summed E-state index contributed by atoms with van der Waals surface area (Å²) in [5.74, 6) is 0.955. The van der Waals surface area contributed by atoms with Crippen molar-refractivity contribution in [3.8, 4) is 5.75 Å². The van der Waals surface area contributed by atoms with Crippen molar-refractivity contribution in [2.45, 2.75) is 13.3 Å². The van der Waals surface area contributed by atoms with Crippen LogP contribution in [0.2, 0.25) is 0 Å². The van der Waals surface area contributed by atoms with Gasteiger partial charge in [0.15, 0.2) is 0 Å². The lowest BCUT2D eigenvalue weighted by atomic mass is 10.0. The van der Waals surface area contributed by atoms with Gasteiger partial charge in [0.1, 0.15) is 11.1 Å². The summed E-state index contributed by atoms with van der Waals surface area (Å²) in [5, 5.41) is 1.15. The molecule has 70 valence electrons. The van der Waals surface area contributed by atoms with E-state index in [1.165, 1.54) is 5.56 Å². The molecule has 2 heteroatoms. The van der Waals surface area contributed by atoms with E-state index >= 15 is 0 Å². The molecule has 1 aliphatic rings. The van der Waals surface area contributed by atoms with Crippen LogP contribution in [0, 0.1) is 6.92 Å². The van der Waals surface area contributed by atoms with Gasteiger partial charge in [-0.3, -0.25) is 0 Å². The molecular formula is C12H11O2+. The Hall–Kier alpha value is -1.57. The molecule has 0 aliphatic carbocycles. The lowest BCUT2D eigenvalue weighted by Gasteiger charge is -2.14. The molecule has 0 atom stereocenters. The molecule has 0 saturated heterocycles. The van der Waals surface area contributed by atoms with E-state index in [4.69, 9.17) is 9.15 Å². The van der Waals surface area contributed by atoms with Crippen LogP contribution in [0.1, 0.15) is 11.1 Å². The van der Waals surface area contributed by atoms with Crippen LogP contribution < -0.4 is 4.74 Å². The normalized spacial score (nSPS) is 14.1. The third-order valence-electron chi connectivity index (χ3n) is 2.72. The van der Waals surface area contributed by atoms with Crippen LogP contribution in [0.15, 0.2) is 28.9 Å². The van der Waals surface area contributed by atoms with Crippen LogP contribution in [0.4, 0.5) is 0 Å². The van der Waals surface area contributed by atoms with E-state index in [0.29, 0.717) is 0 Å². The molecule has 0 saturated carbocycles. The lowest BCUT2D eigenvalue weighted by Crippen LogP contribution is -2.08. The van der Waals surface area contributed by atoms with Crippen molar-refractivity contribution < 1.29 is 9.15 Å². The van der Waals surface area contributed by atoms with E-state index in [-0.39, 0.29) is 0 Å². The molecule has 14 heavy (non-hydrogen) atoms. The van der Waals surface area contributed by atoms with Gasteiger partial charge < -0.3 is 4.74 Å². The van der Waals surface area contributed by atoms with Crippen LogP contribution in [-0.4, -0.2) is 6.61 Å². The van der Waals surface area contributed by atoms with E-state index in [9.17, 15) is 0 Å². The number of ether oxygens (including phenoxy) is 1. The summed E-state index contributed by atoms with van der Waals surface area (Å²) < 4.78 is 11.1. The Bertz CT molecular complexity index is 493. The van der Waals surface area contributed by atoms with Gasteiger partial charge in [-0.25, -0.2) is 4.42 Å². The number of aryl methyl sites for hydroxylation is 1. The monoisotopic (exact) mass is 187 g/mol. The maximum atomic E-state index is 5.59. The van der Waals surface area contributed by atoms with Crippen LogP contribution in [0.5, 0.6) is 5.75 Å². The molecule has 1 aromatic carbocycles. The van der Waals surface area contributed by atoms with Crippen molar-refractivity contribution in [1.82, 2.24) is 0 Å². The molecule has 0 radical (unpaired) electrons. The van der Waals surface area contributed by atoms with Gasteiger partial charge >= 0.3 is 11.8 Å². The molecule has 0 fully saturated rings. The fourth-order valence-electron chi connectivity index (χ4n) is 1.99. The van der Waals surface area contributed by atoms with Crippen molar-refractivity contribution in [2.24, 2.45) is 0 Å². The minimum absolute atomic E-state index is 0.773. The number of hydrogen-bond donors (Lipinski definition) is 0. The van der Waals surface area contributed by atoms with Gasteiger partial charge in [0.25, 0.3) is 0 Å². The summed E-state index contributed by atoms with van der Waals surface area (Å²) in [6, 6.07) is 6.10. The second-order valence-corrected chi connectivity index (χ2v) is 3.63. The Morgan fingerprint density at radius 3 is 3.14 bits per heavy atom. The van der Waals surface area contributed by atoms with Gasteiger partial charge in [0.05, 0.1) is 12.2 Å². The quantitative estimate of drug-likeness (QED) is 0.591. The molecule has 0 bridgehead atoms. The molecule has 2 aromatic rings. The molecule has 0 unspecified atom stereocenters. The molecule has 2 nitrogen and oxygen atoms in total. The Balaban J connectivity index is 2.51. The van der Waals surface area contributed by atoms with Crippen molar-refractivity contribution in [1.29, 1.82) is 0 Å². The van der Waals surface area contributed by atoms with E-state index in [2.05, 4.69) is 6.92 Å². The third kappa shape index (κ3) is 0.939. The minimum atomic E-state index is 0.773. The lowest BCUT2D eigenvalue weighted by molar-refractivity contribution is 0.317. The first-order chi connectivity index (χ1) is 6.86. The van der Waals surface area contributed by atoms with Gasteiger partial charge in [0, 0.05) is 12.5 Å².